The molecule has 0 spiro atoms. The first-order valence-corrected chi connectivity index (χ1v) is 7.32. The van der Waals surface area contributed by atoms with Gasteiger partial charge in [0.05, 0.1) is 6.61 Å². The molecule has 1 aromatic carbocycles. The Morgan fingerprint density at radius 1 is 1.43 bits per heavy atom. The third kappa shape index (κ3) is 3.24. The second-order valence-electron chi connectivity index (χ2n) is 5.54. The lowest BCUT2D eigenvalue weighted by Crippen LogP contribution is -2.30. The summed E-state index contributed by atoms with van der Waals surface area (Å²) in [4.78, 5) is 18.1. The van der Waals surface area contributed by atoms with Gasteiger partial charge in [0.25, 0.3) is 5.91 Å². The molecule has 5 nitrogen and oxygen atoms in total. The van der Waals surface area contributed by atoms with Crippen molar-refractivity contribution in [2.75, 3.05) is 19.7 Å². The van der Waals surface area contributed by atoms with E-state index in [4.69, 9.17) is 0 Å². The quantitative estimate of drug-likeness (QED) is 0.940. The molecule has 1 saturated heterocycles. The van der Waals surface area contributed by atoms with Crippen LogP contribution in [0.5, 0.6) is 5.75 Å². The molecule has 1 aromatic heterocycles. The Balaban J connectivity index is 1.75. The summed E-state index contributed by atoms with van der Waals surface area (Å²) in [6.45, 7) is -2.13. The largest absolute Gasteiger partial charge is 0.505 e. The minimum atomic E-state index is -2.80. The predicted octanol–water partition coefficient (Wildman–Crippen LogP) is 2.64. The molecule has 0 aliphatic carbocycles. The Morgan fingerprint density at radius 3 is 3.00 bits per heavy atom. The lowest BCUT2D eigenvalue weighted by molar-refractivity contribution is -0.137. The zero-order chi connectivity index (χ0) is 16.4. The van der Waals surface area contributed by atoms with Crippen LogP contribution in [-0.4, -0.2) is 47.2 Å². The number of aromatic nitrogens is 1. The third-order valence-electron chi connectivity index (χ3n) is 4.01. The van der Waals surface area contributed by atoms with Gasteiger partial charge < -0.3 is 14.7 Å². The van der Waals surface area contributed by atoms with Crippen LogP contribution in [0.3, 0.4) is 0 Å². The Hall–Kier alpha value is -2.28. The van der Waals surface area contributed by atoms with E-state index in [0.717, 1.165) is 5.39 Å². The molecule has 1 atom stereocenters. The molecule has 122 valence electrons. The number of fused-ring (bicyclic) bond motifs is 1. The minimum Gasteiger partial charge on any atom is -0.505 e. The number of alkyl halides is 2. The highest BCUT2D eigenvalue weighted by Gasteiger charge is 2.30. The average Bonchev–Trinajstić information content (AvgIpc) is 3.02. The van der Waals surface area contributed by atoms with Gasteiger partial charge in [-0.25, -0.2) is 4.98 Å². The zero-order valence-corrected chi connectivity index (χ0v) is 12.3. The Labute approximate surface area is 131 Å². The summed E-state index contributed by atoms with van der Waals surface area (Å²) in [6.07, 6.45) is 2.13. The normalized spacial score (nSPS) is 18.0. The summed E-state index contributed by atoms with van der Waals surface area (Å²) >= 11 is 0. The Morgan fingerprint density at radius 2 is 2.22 bits per heavy atom. The smallest absolute Gasteiger partial charge is 0.345 e. The molecule has 0 saturated carbocycles. The Bertz CT molecular complexity index is 724. The molecule has 2 heterocycles. The number of benzene rings is 1. The van der Waals surface area contributed by atoms with Crippen molar-refractivity contribution >= 4 is 16.7 Å². The molecule has 1 fully saturated rings. The van der Waals surface area contributed by atoms with Crippen molar-refractivity contribution in [1.29, 1.82) is 0 Å². The fraction of sp³-hybridized carbons (Fsp3) is 0.375. The van der Waals surface area contributed by atoms with Crippen LogP contribution in [0.4, 0.5) is 8.78 Å². The van der Waals surface area contributed by atoms with Gasteiger partial charge in [-0.05, 0) is 6.42 Å². The lowest BCUT2D eigenvalue weighted by atomic mass is 10.1. The molecule has 3 rings (SSSR count). The molecule has 7 heteroatoms. The number of pyridine rings is 1. The first-order valence-electron chi connectivity index (χ1n) is 7.32. The van der Waals surface area contributed by atoms with Crippen LogP contribution in [0, 0.1) is 5.92 Å². The van der Waals surface area contributed by atoms with E-state index in [1.165, 1.54) is 11.1 Å². The van der Waals surface area contributed by atoms with Crippen LogP contribution >= 0.6 is 0 Å². The molecule has 1 unspecified atom stereocenters. The number of aromatic hydroxyl groups is 1. The van der Waals surface area contributed by atoms with E-state index in [1.807, 2.05) is 6.07 Å². The van der Waals surface area contributed by atoms with Crippen LogP contribution < -0.4 is 0 Å². The van der Waals surface area contributed by atoms with Gasteiger partial charge >= 0.3 is 6.61 Å². The van der Waals surface area contributed by atoms with Crippen molar-refractivity contribution in [1.82, 2.24) is 9.88 Å². The van der Waals surface area contributed by atoms with Gasteiger partial charge in [0.1, 0.15) is 0 Å². The molecule has 1 aliphatic heterocycles. The van der Waals surface area contributed by atoms with Crippen molar-refractivity contribution < 1.29 is 23.4 Å². The van der Waals surface area contributed by atoms with Crippen LogP contribution in [0.1, 0.15) is 16.9 Å². The molecule has 23 heavy (non-hydrogen) atoms. The van der Waals surface area contributed by atoms with Crippen LogP contribution in [0.15, 0.2) is 30.5 Å². The van der Waals surface area contributed by atoms with Gasteiger partial charge in [-0.15, -0.1) is 0 Å². The Kier molecular flexibility index (Phi) is 4.38. The molecule has 1 amide bonds. The number of carbonyl (C=O) groups is 1. The highest BCUT2D eigenvalue weighted by molar-refractivity contribution is 6.01. The summed E-state index contributed by atoms with van der Waals surface area (Å²) in [5, 5.41) is 11.6. The number of hydrogen-bond donors (Lipinski definition) is 1. The minimum absolute atomic E-state index is 0.0147. The lowest BCUT2D eigenvalue weighted by Gasteiger charge is -2.17. The van der Waals surface area contributed by atoms with Gasteiger partial charge in [0, 0.05) is 36.0 Å². The maximum Gasteiger partial charge on any atom is 0.345 e. The number of hydrogen-bond acceptors (Lipinski definition) is 4. The number of ether oxygens (including phenoxy) is 1. The van der Waals surface area contributed by atoms with Crippen molar-refractivity contribution in [3.63, 3.8) is 0 Å². The standard InChI is InChI=1S/C16H16F2N2O3/c17-16(18)23-9-10-5-6-20(8-10)15(22)13-14(21)12-4-2-1-3-11(12)7-19-13/h1-4,7,10,16,21H,5-6,8-9H2. The molecular formula is C16H16F2N2O3. The van der Waals surface area contributed by atoms with Gasteiger partial charge in [-0.2, -0.15) is 8.78 Å². The second kappa shape index (κ2) is 6.45. The molecule has 0 bridgehead atoms. The fourth-order valence-corrected chi connectivity index (χ4v) is 2.82. The van der Waals surface area contributed by atoms with Gasteiger partial charge in [0.15, 0.2) is 11.4 Å². The van der Waals surface area contributed by atoms with E-state index in [1.54, 1.807) is 18.2 Å². The maximum absolute atomic E-state index is 12.5. The number of nitrogens with zero attached hydrogens (tertiary/aromatic N) is 2. The van der Waals surface area contributed by atoms with Crippen molar-refractivity contribution in [2.24, 2.45) is 5.92 Å². The van der Waals surface area contributed by atoms with E-state index in [9.17, 15) is 18.7 Å². The molecule has 2 aromatic rings. The predicted molar refractivity (Wildman–Crippen MR) is 79.4 cm³/mol. The highest BCUT2D eigenvalue weighted by atomic mass is 19.3. The van der Waals surface area contributed by atoms with E-state index < -0.39 is 12.5 Å². The number of halogens is 2. The zero-order valence-electron chi connectivity index (χ0n) is 12.3. The van der Waals surface area contributed by atoms with Gasteiger partial charge in [-0.1, -0.05) is 24.3 Å². The number of likely N-dealkylation sites (tertiary alicyclic amines) is 1. The topological polar surface area (TPSA) is 62.7 Å². The van der Waals surface area contributed by atoms with E-state index >= 15 is 0 Å². The highest BCUT2D eigenvalue weighted by Crippen LogP contribution is 2.29. The average molecular weight is 322 g/mol. The summed E-state index contributed by atoms with van der Waals surface area (Å²) < 4.78 is 28.4. The number of carbonyl (C=O) groups excluding carboxylic acids is 1. The molecule has 1 N–H and O–H groups in total. The van der Waals surface area contributed by atoms with E-state index in [0.29, 0.717) is 24.9 Å². The monoisotopic (exact) mass is 322 g/mol. The fourth-order valence-electron chi connectivity index (χ4n) is 2.82. The van der Waals surface area contributed by atoms with Crippen LogP contribution in [0.25, 0.3) is 10.8 Å². The summed E-state index contributed by atoms with van der Waals surface area (Å²) in [5.41, 5.74) is -0.0147. The molecule has 1 aliphatic rings. The number of amides is 1. The van der Waals surface area contributed by atoms with E-state index in [-0.39, 0.29) is 24.0 Å². The van der Waals surface area contributed by atoms with Gasteiger partial charge in [0.2, 0.25) is 0 Å². The summed E-state index contributed by atoms with van der Waals surface area (Å²) in [5.74, 6) is -0.677. The van der Waals surface area contributed by atoms with Gasteiger partial charge in [-0.3, -0.25) is 4.79 Å². The number of rotatable bonds is 4. The van der Waals surface area contributed by atoms with E-state index in [2.05, 4.69) is 9.72 Å². The third-order valence-corrected chi connectivity index (χ3v) is 4.01. The van der Waals surface area contributed by atoms with Crippen molar-refractivity contribution in [3.8, 4) is 5.75 Å². The summed E-state index contributed by atoms with van der Waals surface area (Å²) in [6, 6.07) is 7.10. The second-order valence-corrected chi connectivity index (χ2v) is 5.54. The van der Waals surface area contributed by atoms with Crippen LogP contribution in [-0.2, 0) is 4.74 Å². The first-order chi connectivity index (χ1) is 11.1. The maximum atomic E-state index is 12.5. The molecular weight excluding hydrogens is 306 g/mol. The summed E-state index contributed by atoms with van der Waals surface area (Å²) in [7, 11) is 0. The van der Waals surface area contributed by atoms with Crippen molar-refractivity contribution in [2.45, 2.75) is 13.0 Å². The first kappa shape index (κ1) is 15.6. The van der Waals surface area contributed by atoms with Crippen LogP contribution in [0.2, 0.25) is 0 Å². The molecule has 0 radical (unpaired) electrons. The SMILES string of the molecule is O=C(c1ncc2ccccc2c1O)N1CCC(COC(F)F)C1. The van der Waals surface area contributed by atoms with Crippen molar-refractivity contribution in [3.05, 3.63) is 36.2 Å².